The Morgan fingerprint density at radius 2 is 1.48 bits per heavy atom. The van der Waals surface area contributed by atoms with Crippen molar-refractivity contribution >= 4 is 23.2 Å². The lowest BCUT2D eigenvalue weighted by molar-refractivity contribution is 0.0954. The molecule has 0 bridgehead atoms. The molecule has 0 saturated carbocycles. The van der Waals surface area contributed by atoms with Gasteiger partial charge in [0.1, 0.15) is 0 Å². The molecule has 3 aromatic rings. The van der Waals surface area contributed by atoms with E-state index in [9.17, 15) is 9.59 Å². The van der Waals surface area contributed by atoms with Gasteiger partial charge in [-0.3, -0.25) is 9.59 Å². The maximum atomic E-state index is 12.5. The van der Waals surface area contributed by atoms with Crippen molar-refractivity contribution in [1.29, 1.82) is 0 Å². The Kier molecular flexibility index (Phi) is 7.71. The first-order valence-corrected chi connectivity index (χ1v) is 10.5. The van der Waals surface area contributed by atoms with E-state index in [0.717, 1.165) is 36.1 Å². The maximum Gasteiger partial charge on any atom is 0.271 e. The van der Waals surface area contributed by atoms with Crippen LogP contribution >= 0.6 is 0 Å². The van der Waals surface area contributed by atoms with E-state index >= 15 is 0 Å². The molecule has 2 amide bonds. The predicted octanol–water partition coefficient (Wildman–Crippen LogP) is 5.57. The number of carbonyl (C=O) groups is 2. The van der Waals surface area contributed by atoms with E-state index in [1.54, 1.807) is 30.3 Å². The highest BCUT2D eigenvalue weighted by Gasteiger charge is 2.10. The number of benzene rings is 3. The topological polar surface area (TPSA) is 70.6 Å². The number of rotatable bonds is 8. The Hall–Kier alpha value is -3.73. The lowest BCUT2D eigenvalue weighted by Crippen LogP contribution is -2.20. The van der Waals surface area contributed by atoms with E-state index in [0.29, 0.717) is 16.8 Å². The molecule has 0 aliphatic heterocycles. The Morgan fingerprint density at radius 1 is 0.806 bits per heavy atom. The number of aryl methyl sites for hydroxylation is 1. The lowest BCUT2D eigenvalue weighted by Gasteiger charge is -2.09. The molecule has 0 atom stereocenters. The Labute approximate surface area is 183 Å². The van der Waals surface area contributed by atoms with E-state index in [1.165, 1.54) is 0 Å². The van der Waals surface area contributed by atoms with Crippen molar-refractivity contribution < 1.29 is 9.59 Å². The number of unbranched alkanes of at least 4 members (excludes halogenated alkanes) is 1. The standard InChI is InChI=1S/C26H27N3O2/c1-3-4-14-24(20-11-6-5-7-12-20)28-29-25(30)21-15-17-22(18-16-21)27-26(31)23-13-9-8-10-19(23)2/h5-13,15-18H,3-4,14H2,1-2H3,(H,27,31)(H,29,30)/b28-24+. The molecule has 0 saturated heterocycles. The lowest BCUT2D eigenvalue weighted by atomic mass is 10.1. The number of nitrogens with zero attached hydrogens (tertiary/aromatic N) is 1. The molecule has 3 aromatic carbocycles. The summed E-state index contributed by atoms with van der Waals surface area (Å²) < 4.78 is 0. The zero-order chi connectivity index (χ0) is 22.1. The van der Waals surface area contributed by atoms with Crippen molar-refractivity contribution in [3.8, 4) is 0 Å². The van der Waals surface area contributed by atoms with E-state index in [4.69, 9.17) is 0 Å². The average molecular weight is 414 g/mol. The highest BCUT2D eigenvalue weighted by molar-refractivity contribution is 6.05. The summed E-state index contributed by atoms with van der Waals surface area (Å²) in [4.78, 5) is 25.0. The smallest absolute Gasteiger partial charge is 0.271 e. The molecule has 31 heavy (non-hydrogen) atoms. The zero-order valence-corrected chi connectivity index (χ0v) is 17.9. The molecule has 0 heterocycles. The normalized spacial score (nSPS) is 11.1. The second kappa shape index (κ2) is 10.9. The van der Waals surface area contributed by atoms with Gasteiger partial charge in [-0.1, -0.05) is 61.9 Å². The summed E-state index contributed by atoms with van der Waals surface area (Å²) in [6.07, 6.45) is 2.85. The average Bonchev–Trinajstić information content (AvgIpc) is 2.80. The fraction of sp³-hybridized carbons (Fsp3) is 0.192. The van der Waals surface area contributed by atoms with Gasteiger partial charge in [0, 0.05) is 16.8 Å². The minimum absolute atomic E-state index is 0.177. The molecule has 0 fully saturated rings. The van der Waals surface area contributed by atoms with Gasteiger partial charge in [0.25, 0.3) is 11.8 Å². The van der Waals surface area contributed by atoms with E-state index < -0.39 is 0 Å². The second-order valence-corrected chi connectivity index (χ2v) is 7.32. The van der Waals surface area contributed by atoms with Crippen molar-refractivity contribution in [2.75, 3.05) is 5.32 Å². The summed E-state index contributed by atoms with van der Waals surface area (Å²) in [7, 11) is 0. The van der Waals surface area contributed by atoms with Gasteiger partial charge in [-0.15, -0.1) is 0 Å². The van der Waals surface area contributed by atoms with Crippen LogP contribution in [0.2, 0.25) is 0 Å². The van der Waals surface area contributed by atoms with Gasteiger partial charge in [-0.05, 0) is 61.2 Å². The molecule has 0 unspecified atom stereocenters. The summed E-state index contributed by atoms with van der Waals surface area (Å²) in [5, 5.41) is 7.24. The summed E-state index contributed by atoms with van der Waals surface area (Å²) in [5.74, 6) is -0.468. The molecule has 0 radical (unpaired) electrons. The minimum atomic E-state index is -0.290. The summed E-state index contributed by atoms with van der Waals surface area (Å²) >= 11 is 0. The Bertz CT molecular complexity index is 1060. The first-order chi connectivity index (χ1) is 15.1. The number of hydrogen-bond acceptors (Lipinski definition) is 3. The molecule has 2 N–H and O–H groups in total. The molecule has 3 rings (SSSR count). The second-order valence-electron chi connectivity index (χ2n) is 7.32. The van der Waals surface area contributed by atoms with Crippen molar-refractivity contribution in [1.82, 2.24) is 5.43 Å². The Morgan fingerprint density at radius 3 is 2.16 bits per heavy atom. The third-order valence-electron chi connectivity index (χ3n) is 4.96. The van der Waals surface area contributed by atoms with Crippen molar-refractivity contribution in [3.05, 3.63) is 101 Å². The van der Waals surface area contributed by atoms with Crippen LogP contribution in [0.4, 0.5) is 5.69 Å². The SMILES string of the molecule is CCCC/C(=N\NC(=O)c1ccc(NC(=O)c2ccccc2C)cc1)c1ccccc1. The molecule has 158 valence electrons. The largest absolute Gasteiger partial charge is 0.322 e. The first kappa shape index (κ1) is 22.0. The molecule has 0 aliphatic carbocycles. The monoisotopic (exact) mass is 413 g/mol. The zero-order valence-electron chi connectivity index (χ0n) is 17.9. The van der Waals surface area contributed by atoms with Crippen LogP contribution in [-0.4, -0.2) is 17.5 Å². The molecule has 5 heteroatoms. The number of amides is 2. The molecular formula is C26H27N3O2. The van der Waals surface area contributed by atoms with Crippen LogP contribution < -0.4 is 10.7 Å². The van der Waals surface area contributed by atoms with Crippen LogP contribution in [-0.2, 0) is 0 Å². The van der Waals surface area contributed by atoms with Crippen molar-refractivity contribution in [2.24, 2.45) is 5.10 Å². The van der Waals surface area contributed by atoms with Gasteiger partial charge >= 0.3 is 0 Å². The van der Waals surface area contributed by atoms with Gasteiger partial charge in [-0.25, -0.2) is 5.43 Å². The van der Waals surface area contributed by atoms with Crippen LogP contribution in [0.5, 0.6) is 0 Å². The third kappa shape index (κ3) is 6.12. The number of hydrogen-bond donors (Lipinski definition) is 2. The first-order valence-electron chi connectivity index (χ1n) is 10.5. The van der Waals surface area contributed by atoms with Crippen LogP contribution in [0.25, 0.3) is 0 Å². The van der Waals surface area contributed by atoms with E-state index in [-0.39, 0.29) is 11.8 Å². The highest BCUT2D eigenvalue weighted by atomic mass is 16.2. The number of anilines is 1. The minimum Gasteiger partial charge on any atom is -0.322 e. The van der Waals surface area contributed by atoms with Gasteiger partial charge in [-0.2, -0.15) is 5.10 Å². The van der Waals surface area contributed by atoms with Crippen LogP contribution in [0.1, 0.15) is 58.0 Å². The third-order valence-corrected chi connectivity index (χ3v) is 4.96. The molecule has 5 nitrogen and oxygen atoms in total. The maximum absolute atomic E-state index is 12.5. The molecule has 0 aromatic heterocycles. The molecule has 0 spiro atoms. The van der Waals surface area contributed by atoms with Crippen LogP contribution in [0.3, 0.4) is 0 Å². The van der Waals surface area contributed by atoms with Gasteiger partial charge in [0.15, 0.2) is 0 Å². The van der Waals surface area contributed by atoms with Crippen LogP contribution in [0, 0.1) is 6.92 Å². The number of nitrogens with one attached hydrogen (secondary N) is 2. The summed E-state index contributed by atoms with van der Waals surface area (Å²) in [6.45, 7) is 4.02. The molecular weight excluding hydrogens is 386 g/mol. The van der Waals surface area contributed by atoms with Crippen molar-refractivity contribution in [2.45, 2.75) is 33.1 Å². The highest BCUT2D eigenvalue weighted by Crippen LogP contribution is 2.14. The van der Waals surface area contributed by atoms with E-state index in [1.807, 2.05) is 55.5 Å². The van der Waals surface area contributed by atoms with E-state index in [2.05, 4.69) is 22.8 Å². The van der Waals surface area contributed by atoms with Crippen LogP contribution in [0.15, 0.2) is 84.0 Å². The van der Waals surface area contributed by atoms with Gasteiger partial charge < -0.3 is 5.32 Å². The summed E-state index contributed by atoms with van der Waals surface area (Å²) in [5.41, 5.74) is 7.16. The fourth-order valence-corrected chi connectivity index (χ4v) is 3.15. The Balaban J connectivity index is 1.66. The summed E-state index contributed by atoms with van der Waals surface area (Å²) in [6, 6.07) is 24.0. The fourth-order valence-electron chi connectivity index (χ4n) is 3.15. The number of carbonyl (C=O) groups excluding carboxylic acids is 2. The van der Waals surface area contributed by atoms with Gasteiger partial charge in [0.05, 0.1) is 5.71 Å². The predicted molar refractivity (Wildman–Crippen MR) is 126 cm³/mol. The quantitative estimate of drug-likeness (QED) is 0.374. The molecule has 0 aliphatic rings. The number of hydrazone groups is 1. The van der Waals surface area contributed by atoms with Gasteiger partial charge in [0.2, 0.25) is 0 Å². The van der Waals surface area contributed by atoms with Crippen molar-refractivity contribution in [3.63, 3.8) is 0 Å².